The van der Waals surface area contributed by atoms with Crippen LogP contribution in [0, 0.1) is 0 Å². The van der Waals surface area contributed by atoms with Crippen LogP contribution in [0.25, 0.3) is 0 Å². The predicted molar refractivity (Wildman–Crippen MR) is 302 cm³/mol. The Kier molecular flexibility index (Phi) is 54.4. The highest BCUT2D eigenvalue weighted by Crippen LogP contribution is 2.14. The number of hydrogen-bond donors (Lipinski definition) is 0. The average molecular weight is 972 g/mol. The van der Waals surface area contributed by atoms with Gasteiger partial charge in [0.05, 0.1) is 0 Å². The van der Waals surface area contributed by atoms with Crippen molar-refractivity contribution in [3.63, 3.8) is 0 Å². The number of esters is 3. The summed E-state index contributed by atoms with van der Waals surface area (Å²) >= 11 is 0. The number of unbranched alkanes of at least 4 members (excludes halogenated alkanes) is 22. The summed E-state index contributed by atoms with van der Waals surface area (Å²) in [4.78, 5) is 38.0. The molecule has 6 nitrogen and oxygen atoms in total. The number of allylic oxidation sites excluding steroid dienone is 18. The van der Waals surface area contributed by atoms with Crippen LogP contribution in [-0.4, -0.2) is 37.2 Å². The van der Waals surface area contributed by atoms with Gasteiger partial charge in [-0.1, -0.05) is 239 Å². The highest BCUT2D eigenvalue weighted by atomic mass is 16.6. The first-order chi connectivity index (χ1) is 34.5. The van der Waals surface area contributed by atoms with Crippen molar-refractivity contribution >= 4 is 17.9 Å². The maximum Gasteiger partial charge on any atom is 0.306 e. The number of hydrogen-bond acceptors (Lipinski definition) is 6. The molecular formula is C64H106O6. The van der Waals surface area contributed by atoms with E-state index in [9.17, 15) is 14.4 Å². The third-order valence-electron chi connectivity index (χ3n) is 12.0. The van der Waals surface area contributed by atoms with E-state index >= 15 is 0 Å². The highest BCUT2D eigenvalue weighted by Gasteiger charge is 2.19. The lowest BCUT2D eigenvalue weighted by Gasteiger charge is -2.18. The highest BCUT2D eigenvalue weighted by molar-refractivity contribution is 5.71. The molecule has 0 rings (SSSR count). The van der Waals surface area contributed by atoms with Gasteiger partial charge in [0.2, 0.25) is 0 Å². The second kappa shape index (κ2) is 57.6. The summed E-state index contributed by atoms with van der Waals surface area (Å²) in [5.41, 5.74) is 0. The maximum atomic E-state index is 12.8. The van der Waals surface area contributed by atoms with E-state index in [1.807, 2.05) is 0 Å². The Morgan fingerprint density at radius 3 is 0.886 bits per heavy atom. The number of ether oxygens (including phenoxy) is 3. The molecule has 0 saturated carbocycles. The van der Waals surface area contributed by atoms with Crippen molar-refractivity contribution in [2.45, 2.75) is 264 Å². The Labute approximate surface area is 431 Å². The van der Waals surface area contributed by atoms with E-state index in [0.717, 1.165) is 135 Å². The summed E-state index contributed by atoms with van der Waals surface area (Å²) in [5.74, 6) is -0.923. The molecule has 1 unspecified atom stereocenters. The molecule has 1 atom stereocenters. The van der Waals surface area contributed by atoms with Gasteiger partial charge in [0.15, 0.2) is 6.10 Å². The van der Waals surface area contributed by atoms with Gasteiger partial charge in [-0.05, 0) is 109 Å². The summed E-state index contributed by atoms with van der Waals surface area (Å²) in [5, 5.41) is 0. The Hall–Kier alpha value is -3.93. The summed E-state index contributed by atoms with van der Waals surface area (Å²) in [6.07, 6.45) is 78.1. The van der Waals surface area contributed by atoms with Crippen molar-refractivity contribution in [3.05, 3.63) is 109 Å². The van der Waals surface area contributed by atoms with Gasteiger partial charge in [0, 0.05) is 19.3 Å². The zero-order valence-corrected chi connectivity index (χ0v) is 45.5. The van der Waals surface area contributed by atoms with E-state index in [2.05, 4.69) is 130 Å². The standard InChI is InChI=1S/C64H106O6/c1-4-7-10-13-16-18-20-22-24-26-28-29-30-31-32-33-34-35-36-38-39-41-43-45-48-51-54-57-63(66)69-60-61(59-68-62(65)56-53-50-47-15-12-9-6-3)70-64(67)58-55-52-49-46-44-42-40-37-27-25-23-21-19-17-14-11-8-5-2/h7,10,16,18-19,21-22,24-25,27-29,31-32,34-35,38-39,61H,4-6,8-9,11-15,17,20,23,26,30,33,36-37,40-60H2,1-3H3/b10-7-,18-16-,21-19-,24-22-,27-25-,29-28-,32-31-,35-34-,39-38-. The first kappa shape index (κ1) is 66.1. The molecule has 70 heavy (non-hydrogen) atoms. The van der Waals surface area contributed by atoms with Gasteiger partial charge in [-0.2, -0.15) is 0 Å². The average Bonchev–Trinajstić information content (AvgIpc) is 3.36. The minimum atomic E-state index is -0.789. The van der Waals surface area contributed by atoms with Crippen molar-refractivity contribution in [1.82, 2.24) is 0 Å². The summed E-state index contributed by atoms with van der Waals surface area (Å²) in [6, 6.07) is 0. The number of rotatable bonds is 51. The summed E-state index contributed by atoms with van der Waals surface area (Å²) in [7, 11) is 0. The van der Waals surface area contributed by atoms with Crippen molar-refractivity contribution < 1.29 is 28.6 Å². The molecule has 0 aliphatic rings. The molecule has 0 aromatic rings. The first-order valence-corrected chi connectivity index (χ1v) is 28.9. The van der Waals surface area contributed by atoms with Gasteiger partial charge >= 0.3 is 17.9 Å². The Balaban J connectivity index is 4.26. The van der Waals surface area contributed by atoms with E-state index in [1.165, 1.54) is 83.5 Å². The van der Waals surface area contributed by atoms with E-state index < -0.39 is 6.10 Å². The first-order valence-electron chi connectivity index (χ1n) is 28.9. The molecule has 6 heteroatoms. The zero-order valence-electron chi connectivity index (χ0n) is 45.5. The Bertz CT molecular complexity index is 1440. The minimum Gasteiger partial charge on any atom is -0.462 e. The fraction of sp³-hybridized carbons (Fsp3) is 0.672. The Morgan fingerprint density at radius 1 is 0.300 bits per heavy atom. The number of carbonyl (C=O) groups excluding carboxylic acids is 3. The lowest BCUT2D eigenvalue weighted by atomic mass is 10.1. The largest absolute Gasteiger partial charge is 0.462 e. The second-order valence-electron chi connectivity index (χ2n) is 18.8. The predicted octanol–water partition coefficient (Wildman–Crippen LogP) is 19.5. The lowest BCUT2D eigenvalue weighted by Crippen LogP contribution is -2.30. The van der Waals surface area contributed by atoms with Crippen molar-refractivity contribution in [1.29, 1.82) is 0 Å². The third-order valence-corrected chi connectivity index (χ3v) is 12.0. The van der Waals surface area contributed by atoms with Crippen molar-refractivity contribution in [3.8, 4) is 0 Å². The zero-order chi connectivity index (χ0) is 50.7. The van der Waals surface area contributed by atoms with Crippen LogP contribution in [0.2, 0.25) is 0 Å². The van der Waals surface area contributed by atoms with E-state index in [1.54, 1.807) is 0 Å². The van der Waals surface area contributed by atoms with E-state index in [4.69, 9.17) is 14.2 Å². The van der Waals surface area contributed by atoms with E-state index in [0.29, 0.717) is 19.3 Å². The Morgan fingerprint density at radius 2 is 0.557 bits per heavy atom. The molecule has 398 valence electrons. The second-order valence-corrected chi connectivity index (χ2v) is 18.8. The molecule has 0 aromatic carbocycles. The van der Waals surface area contributed by atoms with Crippen LogP contribution in [0.15, 0.2) is 109 Å². The normalized spacial score (nSPS) is 12.9. The van der Waals surface area contributed by atoms with Gasteiger partial charge in [-0.3, -0.25) is 14.4 Å². The fourth-order valence-corrected chi connectivity index (χ4v) is 7.69. The monoisotopic (exact) mass is 971 g/mol. The van der Waals surface area contributed by atoms with Crippen LogP contribution in [0.4, 0.5) is 0 Å². The molecule has 0 heterocycles. The van der Waals surface area contributed by atoms with Crippen LogP contribution in [-0.2, 0) is 28.6 Å². The molecule has 0 aromatic heterocycles. The molecule has 0 saturated heterocycles. The summed E-state index contributed by atoms with van der Waals surface area (Å²) < 4.78 is 16.8. The quantitative estimate of drug-likeness (QED) is 0.0262. The topological polar surface area (TPSA) is 78.9 Å². The number of carbonyl (C=O) groups is 3. The minimum absolute atomic E-state index is 0.0881. The van der Waals surface area contributed by atoms with Gasteiger partial charge < -0.3 is 14.2 Å². The van der Waals surface area contributed by atoms with Gasteiger partial charge in [0.1, 0.15) is 13.2 Å². The van der Waals surface area contributed by atoms with Crippen LogP contribution >= 0.6 is 0 Å². The van der Waals surface area contributed by atoms with Crippen LogP contribution in [0.1, 0.15) is 258 Å². The van der Waals surface area contributed by atoms with Gasteiger partial charge in [-0.15, -0.1) is 0 Å². The molecule has 0 spiro atoms. The van der Waals surface area contributed by atoms with Gasteiger partial charge in [-0.25, -0.2) is 0 Å². The molecular weight excluding hydrogens is 865 g/mol. The van der Waals surface area contributed by atoms with Crippen LogP contribution < -0.4 is 0 Å². The molecule has 0 radical (unpaired) electrons. The molecule has 0 aliphatic carbocycles. The maximum absolute atomic E-state index is 12.8. The third kappa shape index (κ3) is 55.0. The molecule has 0 amide bonds. The van der Waals surface area contributed by atoms with Crippen molar-refractivity contribution in [2.24, 2.45) is 0 Å². The summed E-state index contributed by atoms with van der Waals surface area (Å²) in [6.45, 7) is 6.44. The molecule has 0 fully saturated rings. The van der Waals surface area contributed by atoms with Crippen LogP contribution in [0.3, 0.4) is 0 Å². The van der Waals surface area contributed by atoms with E-state index in [-0.39, 0.29) is 31.1 Å². The molecule has 0 aliphatic heterocycles. The molecule has 0 bridgehead atoms. The van der Waals surface area contributed by atoms with Crippen LogP contribution in [0.5, 0.6) is 0 Å². The lowest BCUT2D eigenvalue weighted by molar-refractivity contribution is -0.167. The SMILES string of the molecule is CC/C=C\C/C=C\C/C=C\C/C=C\C/C=C\C/C=C\C/C=C\CCCCCCCC(=O)OCC(COC(=O)CCCCCCCCC)OC(=O)CCCCCCCCC/C=C\C/C=C\CCCCCC. The fourth-order valence-electron chi connectivity index (χ4n) is 7.69. The smallest absolute Gasteiger partial charge is 0.306 e. The van der Waals surface area contributed by atoms with Gasteiger partial charge in [0.25, 0.3) is 0 Å². The van der Waals surface area contributed by atoms with Crippen molar-refractivity contribution in [2.75, 3.05) is 13.2 Å². The molecule has 0 N–H and O–H groups in total.